The number of nitrogens with one attached hydrogen (secondary N) is 1. The zero-order chi connectivity index (χ0) is 13.8. The SMILES string of the molecule is COc1cccc(Cc2ncc(C3CCNCC3)s2)c1. The summed E-state index contributed by atoms with van der Waals surface area (Å²) in [5.74, 6) is 1.62. The van der Waals surface area contributed by atoms with E-state index >= 15 is 0 Å². The molecule has 0 saturated carbocycles. The number of nitrogens with zero attached hydrogens (tertiary/aromatic N) is 1. The van der Waals surface area contributed by atoms with Crippen LogP contribution in [0.25, 0.3) is 0 Å². The molecule has 2 heterocycles. The van der Waals surface area contributed by atoms with Crippen LogP contribution in [-0.4, -0.2) is 25.2 Å². The van der Waals surface area contributed by atoms with Crippen molar-refractivity contribution in [1.82, 2.24) is 10.3 Å². The molecule has 1 aromatic carbocycles. The molecule has 0 unspecified atom stereocenters. The van der Waals surface area contributed by atoms with E-state index in [1.807, 2.05) is 23.5 Å². The lowest BCUT2D eigenvalue weighted by atomic mass is 9.97. The molecule has 106 valence electrons. The second-order valence-corrected chi connectivity index (χ2v) is 6.36. The predicted octanol–water partition coefficient (Wildman–Crippen LogP) is 3.21. The van der Waals surface area contributed by atoms with Crippen molar-refractivity contribution in [1.29, 1.82) is 0 Å². The van der Waals surface area contributed by atoms with E-state index in [1.54, 1.807) is 7.11 Å². The molecule has 0 amide bonds. The van der Waals surface area contributed by atoms with Crippen molar-refractivity contribution in [2.45, 2.75) is 25.2 Å². The third kappa shape index (κ3) is 3.19. The number of benzene rings is 1. The Labute approximate surface area is 124 Å². The van der Waals surface area contributed by atoms with Gasteiger partial charge < -0.3 is 10.1 Å². The highest BCUT2D eigenvalue weighted by Crippen LogP contribution is 2.30. The lowest BCUT2D eigenvalue weighted by Gasteiger charge is -2.20. The van der Waals surface area contributed by atoms with Crippen molar-refractivity contribution in [2.24, 2.45) is 0 Å². The first-order valence-electron chi connectivity index (χ1n) is 7.13. The highest BCUT2D eigenvalue weighted by Gasteiger charge is 2.17. The number of piperidine rings is 1. The standard InChI is InChI=1S/C16H20N2OS/c1-19-14-4-2-3-12(9-14)10-16-18-11-15(20-16)13-5-7-17-8-6-13/h2-4,9,11,13,17H,5-8,10H2,1H3. The Bertz CT molecular complexity index is 561. The van der Waals surface area contributed by atoms with Crippen molar-refractivity contribution in [3.63, 3.8) is 0 Å². The summed E-state index contributed by atoms with van der Waals surface area (Å²) in [6, 6.07) is 8.24. The Morgan fingerprint density at radius 3 is 3.00 bits per heavy atom. The number of hydrogen-bond donors (Lipinski definition) is 1. The van der Waals surface area contributed by atoms with Crippen LogP contribution in [0.3, 0.4) is 0 Å². The van der Waals surface area contributed by atoms with E-state index < -0.39 is 0 Å². The van der Waals surface area contributed by atoms with Crippen molar-refractivity contribution in [3.8, 4) is 5.75 Å². The summed E-state index contributed by atoms with van der Waals surface area (Å²) in [5, 5.41) is 4.61. The molecule has 4 heteroatoms. The lowest BCUT2D eigenvalue weighted by molar-refractivity contribution is 0.414. The maximum Gasteiger partial charge on any atom is 0.119 e. The van der Waals surface area contributed by atoms with E-state index in [9.17, 15) is 0 Å². The van der Waals surface area contributed by atoms with Crippen molar-refractivity contribution < 1.29 is 4.74 Å². The van der Waals surface area contributed by atoms with E-state index in [-0.39, 0.29) is 0 Å². The molecule has 1 fully saturated rings. The number of aromatic nitrogens is 1. The molecule has 2 aromatic rings. The average Bonchev–Trinajstić information content (AvgIpc) is 2.97. The van der Waals surface area contributed by atoms with Gasteiger partial charge in [0.25, 0.3) is 0 Å². The molecule has 20 heavy (non-hydrogen) atoms. The van der Waals surface area contributed by atoms with E-state index in [1.165, 1.54) is 28.3 Å². The van der Waals surface area contributed by atoms with Gasteiger partial charge in [-0.25, -0.2) is 4.98 Å². The van der Waals surface area contributed by atoms with Gasteiger partial charge in [-0.2, -0.15) is 0 Å². The minimum absolute atomic E-state index is 0.702. The maximum absolute atomic E-state index is 5.27. The maximum atomic E-state index is 5.27. The van der Waals surface area contributed by atoms with Gasteiger partial charge in [-0.1, -0.05) is 12.1 Å². The number of methoxy groups -OCH3 is 1. The zero-order valence-electron chi connectivity index (χ0n) is 11.8. The molecule has 0 bridgehead atoms. The fourth-order valence-corrected chi connectivity index (χ4v) is 3.78. The fourth-order valence-electron chi connectivity index (χ4n) is 2.66. The first kappa shape index (κ1) is 13.6. The summed E-state index contributed by atoms with van der Waals surface area (Å²) in [5.41, 5.74) is 1.26. The quantitative estimate of drug-likeness (QED) is 0.938. The molecule has 0 aliphatic carbocycles. The number of thiazole rings is 1. The van der Waals surface area contributed by atoms with Crippen molar-refractivity contribution in [2.75, 3.05) is 20.2 Å². The molecule has 3 rings (SSSR count). The summed E-state index contributed by atoms with van der Waals surface area (Å²) < 4.78 is 5.27. The zero-order valence-corrected chi connectivity index (χ0v) is 12.6. The van der Waals surface area contributed by atoms with Crippen molar-refractivity contribution >= 4 is 11.3 Å². The fraction of sp³-hybridized carbons (Fsp3) is 0.438. The number of ether oxygens (including phenoxy) is 1. The van der Waals surface area contributed by atoms with Gasteiger partial charge in [0, 0.05) is 17.5 Å². The smallest absolute Gasteiger partial charge is 0.119 e. The molecular formula is C16H20N2OS. The summed E-state index contributed by atoms with van der Waals surface area (Å²) in [6.07, 6.45) is 5.45. The van der Waals surface area contributed by atoms with E-state index in [4.69, 9.17) is 4.74 Å². The molecule has 1 aliphatic heterocycles. The first-order chi connectivity index (χ1) is 9.85. The monoisotopic (exact) mass is 288 g/mol. The number of hydrogen-bond acceptors (Lipinski definition) is 4. The molecule has 0 spiro atoms. The molecule has 0 radical (unpaired) electrons. The van der Waals surface area contributed by atoms with E-state index in [0.29, 0.717) is 5.92 Å². The third-order valence-electron chi connectivity index (χ3n) is 3.80. The van der Waals surface area contributed by atoms with Crippen LogP contribution in [0.2, 0.25) is 0 Å². The van der Waals surface area contributed by atoms with Gasteiger partial charge >= 0.3 is 0 Å². The van der Waals surface area contributed by atoms with Crippen LogP contribution < -0.4 is 10.1 Å². The topological polar surface area (TPSA) is 34.1 Å². The molecule has 1 aromatic heterocycles. The minimum atomic E-state index is 0.702. The second-order valence-electron chi connectivity index (χ2n) is 5.21. The molecule has 1 saturated heterocycles. The highest BCUT2D eigenvalue weighted by molar-refractivity contribution is 7.11. The highest BCUT2D eigenvalue weighted by atomic mass is 32.1. The predicted molar refractivity (Wildman–Crippen MR) is 82.8 cm³/mol. The Kier molecular flexibility index (Phi) is 4.33. The van der Waals surface area contributed by atoms with Gasteiger partial charge in [0.05, 0.1) is 12.1 Å². The van der Waals surface area contributed by atoms with Crippen LogP contribution in [0.4, 0.5) is 0 Å². The van der Waals surface area contributed by atoms with Gasteiger partial charge in [0.1, 0.15) is 5.75 Å². The van der Waals surface area contributed by atoms with Gasteiger partial charge in [-0.3, -0.25) is 0 Å². The van der Waals surface area contributed by atoms with Crippen LogP contribution in [0.15, 0.2) is 30.5 Å². The van der Waals surface area contributed by atoms with Crippen LogP contribution in [-0.2, 0) is 6.42 Å². The Hall–Kier alpha value is -1.39. The van der Waals surface area contributed by atoms with Crippen LogP contribution in [0.5, 0.6) is 5.75 Å². The summed E-state index contributed by atoms with van der Waals surface area (Å²) in [4.78, 5) is 6.05. The largest absolute Gasteiger partial charge is 0.497 e. The molecule has 1 aliphatic rings. The Morgan fingerprint density at radius 1 is 1.35 bits per heavy atom. The molecule has 0 atom stereocenters. The van der Waals surface area contributed by atoms with Crippen molar-refractivity contribution in [3.05, 3.63) is 45.9 Å². The molecular weight excluding hydrogens is 268 g/mol. The lowest BCUT2D eigenvalue weighted by Crippen LogP contribution is -2.26. The van der Waals surface area contributed by atoms with Gasteiger partial charge in [0.2, 0.25) is 0 Å². The minimum Gasteiger partial charge on any atom is -0.497 e. The second kappa shape index (κ2) is 6.37. The molecule has 3 nitrogen and oxygen atoms in total. The Balaban J connectivity index is 1.70. The Morgan fingerprint density at radius 2 is 2.20 bits per heavy atom. The normalized spacial score (nSPS) is 16.2. The van der Waals surface area contributed by atoms with Gasteiger partial charge in [0.15, 0.2) is 0 Å². The third-order valence-corrected chi connectivity index (χ3v) is 4.96. The van der Waals surface area contributed by atoms with Gasteiger partial charge in [-0.05, 0) is 49.5 Å². The summed E-state index contributed by atoms with van der Waals surface area (Å²) in [7, 11) is 1.71. The van der Waals surface area contributed by atoms with Crippen LogP contribution in [0, 0.1) is 0 Å². The average molecular weight is 288 g/mol. The summed E-state index contributed by atoms with van der Waals surface area (Å²) in [6.45, 7) is 2.27. The first-order valence-corrected chi connectivity index (χ1v) is 7.95. The van der Waals surface area contributed by atoms with Crippen LogP contribution >= 0.6 is 11.3 Å². The van der Waals surface area contributed by atoms with E-state index in [2.05, 4.69) is 28.6 Å². The van der Waals surface area contributed by atoms with E-state index in [0.717, 1.165) is 25.3 Å². The molecule has 1 N–H and O–H groups in total. The van der Waals surface area contributed by atoms with Gasteiger partial charge in [-0.15, -0.1) is 11.3 Å². The summed E-state index contributed by atoms with van der Waals surface area (Å²) >= 11 is 1.87. The van der Waals surface area contributed by atoms with Crippen LogP contribution in [0.1, 0.15) is 34.2 Å². The number of rotatable bonds is 4.